The van der Waals surface area contributed by atoms with Crippen LogP contribution in [0.2, 0.25) is 0 Å². The third-order valence-electron chi connectivity index (χ3n) is 2.72. The first-order valence-corrected chi connectivity index (χ1v) is 6.97. The maximum absolute atomic E-state index is 13.1. The van der Waals surface area contributed by atoms with Crippen molar-refractivity contribution < 1.29 is 4.39 Å². The van der Waals surface area contributed by atoms with Crippen LogP contribution in [-0.4, -0.2) is 17.0 Å². The van der Waals surface area contributed by atoms with Crippen molar-refractivity contribution in [1.82, 2.24) is 9.97 Å². The second-order valence-corrected chi connectivity index (χ2v) is 5.06. The van der Waals surface area contributed by atoms with E-state index in [1.54, 1.807) is 6.07 Å². The fourth-order valence-corrected chi connectivity index (χ4v) is 2.40. The van der Waals surface area contributed by atoms with E-state index >= 15 is 0 Å². The van der Waals surface area contributed by atoms with Crippen LogP contribution in [0.15, 0.2) is 24.5 Å². The molecule has 0 saturated heterocycles. The van der Waals surface area contributed by atoms with E-state index in [9.17, 15) is 4.39 Å². The lowest BCUT2D eigenvalue weighted by Gasteiger charge is -2.13. The molecule has 0 aliphatic carbocycles. The van der Waals surface area contributed by atoms with E-state index in [2.05, 4.69) is 43.2 Å². The van der Waals surface area contributed by atoms with Gasteiger partial charge in [-0.2, -0.15) is 0 Å². The first kappa shape index (κ1) is 14.0. The second-order valence-electron chi connectivity index (χ2n) is 3.90. The largest absolute Gasteiger partial charge is 0.373 e. The lowest BCUT2D eigenvalue weighted by atomic mass is 10.2. The zero-order valence-corrected chi connectivity index (χ0v) is 12.8. The van der Waals surface area contributed by atoms with Gasteiger partial charge in [-0.05, 0) is 47.2 Å². The molecular formula is C13H14FIN4. The summed E-state index contributed by atoms with van der Waals surface area (Å²) >= 11 is 2.09. The van der Waals surface area contributed by atoms with Crippen molar-refractivity contribution in [3.8, 4) is 0 Å². The zero-order chi connectivity index (χ0) is 13.8. The topological polar surface area (TPSA) is 49.8 Å². The number of anilines is 3. The van der Waals surface area contributed by atoms with Crippen molar-refractivity contribution in [2.45, 2.75) is 13.3 Å². The molecule has 100 valence electrons. The minimum absolute atomic E-state index is 0.246. The minimum atomic E-state index is -0.246. The van der Waals surface area contributed by atoms with E-state index in [-0.39, 0.29) is 5.82 Å². The lowest BCUT2D eigenvalue weighted by molar-refractivity contribution is 0.627. The first-order chi connectivity index (χ1) is 9.15. The molecule has 1 heterocycles. The summed E-state index contributed by atoms with van der Waals surface area (Å²) in [6, 6.07) is 4.61. The van der Waals surface area contributed by atoms with E-state index < -0.39 is 0 Å². The second kappa shape index (κ2) is 6.14. The van der Waals surface area contributed by atoms with Gasteiger partial charge in [0.15, 0.2) is 0 Å². The van der Waals surface area contributed by atoms with Gasteiger partial charge in [-0.25, -0.2) is 14.4 Å². The average molecular weight is 372 g/mol. The van der Waals surface area contributed by atoms with Gasteiger partial charge >= 0.3 is 0 Å². The van der Waals surface area contributed by atoms with Crippen molar-refractivity contribution in [3.63, 3.8) is 0 Å². The van der Waals surface area contributed by atoms with Gasteiger partial charge in [0, 0.05) is 16.2 Å². The molecule has 0 spiro atoms. The number of aromatic nitrogens is 2. The van der Waals surface area contributed by atoms with Gasteiger partial charge in [0.2, 0.25) is 0 Å². The van der Waals surface area contributed by atoms with Gasteiger partial charge in [-0.1, -0.05) is 6.92 Å². The molecular weight excluding hydrogens is 358 g/mol. The van der Waals surface area contributed by atoms with E-state index in [4.69, 9.17) is 0 Å². The highest BCUT2D eigenvalue weighted by atomic mass is 127. The predicted molar refractivity (Wildman–Crippen MR) is 83.4 cm³/mol. The summed E-state index contributed by atoms with van der Waals surface area (Å²) in [4.78, 5) is 8.44. The number of benzene rings is 1. The first-order valence-electron chi connectivity index (χ1n) is 5.89. The van der Waals surface area contributed by atoms with Crippen molar-refractivity contribution in [2.24, 2.45) is 0 Å². The lowest BCUT2D eigenvalue weighted by Crippen LogP contribution is -2.05. The van der Waals surface area contributed by atoms with E-state index in [1.165, 1.54) is 18.5 Å². The van der Waals surface area contributed by atoms with Crippen molar-refractivity contribution in [1.29, 1.82) is 0 Å². The summed E-state index contributed by atoms with van der Waals surface area (Å²) in [5.41, 5.74) is 1.84. The quantitative estimate of drug-likeness (QED) is 0.806. The Balaban J connectivity index is 2.37. The Morgan fingerprint density at radius 1 is 1.26 bits per heavy atom. The van der Waals surface area contributed by atoms with Gasteiger partial charge in [0.05, 0.1) is 5.69 Å². The Kier molecular flexibility index (Phi) is 4.52. The summed E-state index contributed by atoms with van der Waals surface area (Å²) in [5.74, 6) is 1.30. The van der Waals surface area contributed by atoms with E-state index in [0.717, 1.165) is 32.9 Å². The van der Waals surface area contributed by atoms with Crippen LogP contribution >= 0.6 is 22.6 Å². The summed E-state index contributed by atoms with van der Waals surface area (Å²) in [6.45, 7) is 2.04. The highest BCUT2D eigenvalue weighted by Gasteiger charge is 2.10. The third kappa shape index (κ3) is 3.12. The van der Waals surface area contributed by atoms with Crippen LogP contribution in [0.1, 0.15) is 12.5 Å². The molecule has 0 unspecified atom stereocenters. The Bertz CT molecular complexity index is 589. The number of hydrogen-bond acceptors (Lipinski definition) is 4. The molecule has 0 saturated carbocycles. The maximum Gasteiger partial charge on any atom is 0.139 e. The Morgan fingerprint density at radius 3 is 2.63 bits per heavy atom. The van der Waals surface area contributed by atoms with Crippen molar-refractivity contribution in [3.05, 3.63) is 39.5 Å². The Hall–Kier alpha value is -1.44. The summed E-state index contributed by atoms with van der Waals surface area (Å²) in [5, 5.41) is 6.27. The standard InChI is InChI=1S/C13H14FIN4/c1-3-9-12(16-2)17-7-18-13(9)19-11-5-4-8(14)6-10(11)15/h4-7H,3H2,1-2H3,(H2,16,17,18,19). The van der Waals surface area contributed by atoms with Crippen molar-refractivity contribution >= 4 is 39.9 Å². The van der Waals surface area contributed by atoms with Crippen LogP contribution in [0.5, 0.6) is 0 Å². The normalized spacial score (nSPS) is 10.3. The number of nitrogens with one attached hydrogen (secondary N) is 2. The fraction of sp³-hybridized carbons (Fsp3) is 0.231. The molecule has 19 heavy (non-hydrogen) atoms. The van der Waals surface area contributed by atoms with Gasteiger partial charge in [-0.15, -0.1) is 0 Å². The summed E-state index contributed by atoms with van der Waals surface area (Å²) in [7, 11) is 1.83. The average Bonchev–Trinajstić information content (AvgIpc) is 2.41. The monoisotopic (exact) mass is 372 g/mol. The predicted octanol–water partition coefficient (Wildman–Crippen LogP) is 3.57. The van der Waals surface area contributed by atoms with Crippen LogP contribution in [0.4, 0.5) is 21.7 Å². The molecule has 0 bridgehead atoms. The molecule has 6 heteroatoms. The maximum atomic E-state index is 13.1. The summed E-state index contributed by atoms with van der Waals surface area (Å²) < 4.78 is 13.9. The van der Waals surface area contributed by atoms with Gasteiger partial charge in [-0.3, -0.25) is 0 Å². The molecule has 0 fully saturated rings. The third-order valence-corrected chi connectivity index (χ3v) is 3.61. The molecule has 0 aliphatic rings. The van der Waals surface area contributed by atoms with Crippen LogP contribution < -0.4 is 10.6 Å². The number of nitrogens with zero attached hydrogens (tertiary/aromatic N) is 2. The molecule has 2 aromatic rings. The molecule has 1 aromatic heterocycles. The van der Waals surface area contributed by atoms with E-state index in [1.807, 2.05) is 14.0 Å². The number of hydrogen-bond donors (Lipinski definition) is 2. The summed E-state index contributed by atoms with van der Waals surface area (Å²) in [6.07, 6.45) is 2.31. The molecule has 4 nitrogen and oxygen atoms in total. The smallest absolute Gasteiger partial charge is 0.139 e. The highest BCUT2D eigenvalue weighted by molar-refractivity contribution is 14.1. The number of rotatable bonds is 4. The fourth-order valence-electron chi connectivity index (χ4n) is 1.79. The molecule has 0 radical (unpaired) electrons. The Labute approximate surface area is 125 Å². The SMILES string of the molecule is CCc1c(NC)ncnc1Nc1ccc(F)cc1I. The molecule has 2 N–H and O–H groups in total. The van der Waals surface area contributed by atoms with Gasteiger partial charge in [0.1, 0.15) is 23.8 Å². The molecule has 0 amide bonds. The molecule has 1 aromatic carbocycles. The van der Waals surface area contributed by atoms with E-state index in [0.29, 0.717) is 0 Å². The molecule has 2 rings (SSSR count). The minimum Gasteiger partial charge on any atom is -0.373 e. The van der Waals surface area contributed by atoms with Crippen LogP contribution in [0.3, 0.4) is 0 Å². The van der Waals surface area contributed by atoms with Gasteiger partial charge < -0.3 is 10.6 Å². The Morgan fingerprint density at radius 2 is 2.00 bits per heavy atom. The van der Waals surface area contributed by atoms with Crippen molar-refractivity contribution in [2.75, 3.05) is 17.7 Å². The zero-order valence-electron chi connectivity index (χ0n) is 10.7. The highest BCUT2D eigenvalue weighted by Crippen LogP contribution is 2.26. The van der Waals surface area contributed by atoms with Gasteiger partial charge in [0.25, 0.3) is 0 Å². The number of halogens is 2. The van der Waals surface area contributed by atoms with Crippen LogP contribution in [0.25, 0.3) is 0 Å². The molecule has 0 atom stereocenters. The van der Waals surface area contributed by atoms with Crippen LogP contribution in [0, 0.1) is 9.39 Å². The van der Waals surface area contributed by atoms with Crippen LogP contribution in [-0.2, 0) is 6.42 Å². The molecule has 0 aliphatic heterocycles.